The summed E-state index contributed by atoms with van der Waals surface area (Å²) in [7, 11) is -3.32. The van der Waals surface area contributed by atoms with E-state index in [2.05, 4.69) is 0 Å². The molecule has 18 heavy (non-hydrogen) atoms. The zero-order chi connectivity index (χ0) is 13.0. The van der Waals surface area contributed by atoms with E-state index in [1.165, 1.54) is 0 Å². The van der Waals surface area contributed by atoms with Crippen molar-refractivity contribution in [2.75, 3.05) is 5.75 Å². The minimum absolute atomic E-state index is 0.0180. The molecule has 1 aromatic rings. The molecule has 0 N–H and O–H groups in total. The fourth-order valence-electron chi connectivity index (χ4n) is 2.46. The lowest BCUT2D eigenvalue weighted by Crippen LogP contribution is -2.23. The van der Waals surface area contributed by atoms with E-state index in [-0.39, 0.29) is 23.2 Å². The first-order chi connectivity index (χ1) is 8.57. The van der Waals surface area contributed by atoms with Gasteiger partial charge in [-0.15, -0.1) is 0 Å². The van der Waals surface area contributed by atoms with Crippen LogP contribution in [0.25, 0.3) is 0 Å². The highest BCUT2D eigenvalue weighted by Gasteiger charge is 2.26. The molecule has 0 heterocycles. The van der Waals surface area contributed by atoms with Gasteiger partial charge in [0.2, 0.25) is 0 Å². The Morgan fingerprint density at radius 3 is 2.33 bits per heavy atom. The Morgan fingerprint density at radius 1 is 1.11 bits per heavy atom. The number of sulfone groups is 1. The van der Waals surface area contributed by atoms with E-state index in [4.69, 9.17) is 0 Å². The van der Waals surface area contributed by atoms with Crippen LogP contribution < -0.4 is 0 Å². The number of hydrogen-bond acceptors (Lipinski definition) is 3. The van der Waals surface area contributed by atoms with Crippen LogP contribution in [0.1, 0.15) is 31.2 Å². The number of rotatable bonds is 5. The molecule has 0 atom stereocenters. The topological polar surface area (TPSA) is 51.2 Å². The van der Waals surface area contributed by atoms with E-state index in [0.717, 1.165) is 31.2 Å². The van der Waals surface area contributed by atoms with Crippen LogP contribution in [-0.4, -0.2) is 20.0 Å². The van der Waals surface area contributed by atoms with Crippen LogP contribution in [0.3, 0.4) is 0 Å². The predicted molar refractivity (Wildman–Crippen MR) is 70.9 cm³/mol. The Labute approximate surface area is 108 Å². The normalized spacial score (nSPS) is 16.9. The van der Waals surface area contributed by atoms with Gasteiger partial charge in [-0.3, -0.25) is 4.79 Å². The lowest BCUT2D eigenvalue weighted by atomic mass is 10.0. The van der Waals surface area contributed by atoms with Gasteiger partial charge in [0.1, 0.15) is 5.75 Å². The van der Waals surface area contributed by atoms with Crippen molar-refractivity contribution in [3.63, 3.8) is 0 Å². The van der Waals surface area contributed by atoms with Gasteiger partial charge in [0.15, 0.2) is 15.6 Å². The molecule has 1 aliphatic rings. The lowest BCUT2D eigenvalue weighted by molar-refractivity contribution is -0.120. The summed E-state index contributed by atoms with van der Waals surface area (Å²) < 4.78 is 23.9. The third kappa shape index (κ3) is 3.67. The van der Waals surface area contributed by atoms with Gasteiger partial charge in [0.25, 0.3) is 0 Å². The van der Waals surface area contributed by atoms with Crippen LogP contribution in [0.4, 0.5) is 0 Å². The van der Waals surface area contributed by atoms with E-state index in [9.17, 15) is 13.2 Å². The second-order valence-electron chi connectivity index (χ2n) is 4.97. The van der Waals surface area contributed by atoms with Crippen molar-refractivity contribution in [2.24, 2.45) is 5.92 Å². The third-order valence-electron chi connectivity index (χ3n) is 3.40. The molecule has 0 bridgehead atoms. The first kappa shape index (κ1) is 13.3. The molecule has 4 heteroatoms. The predicted octanol–water partition coefficient (Wildman–Crippen LogP) is 2.36. The molecular formula is C14H18O3S. The maximum atomic E-state index is 11.9. The van der Waals surface area contributed by atoms with E-state index < -0.39 is 9.84 Å². The van der Waals surface area contributed by atoms with Gasteiger partial charge < -0.3 is 0 Å². The number of benzene rings is 1. The molecule has 1 aliphatic carbocycles. The SMILES string of the molecule is O=C(CS(=O)(=O)Cc1ccccc1)C1CCCC1. The maximum Gasteiger partial charge on any atom is 0.161 e. The molecule has 2 rings (SSSR count). The molecule has 1 aromatic carbocycles. The molecule has 98 valence electrons. The Hall–Kier alpha value is -1.16. The highest BCUT2D eigenvalue weighted by Crippen LogP contribution is 2.26. The fourth-order valence-corrected chi connectivity index (χ4v) is 3.93. The number of ketones is 1. The first-order valence-corrected chi connectivity index (χ1v) is 8.16. The molecule has 0 amide bonds. The van der Waals surface area contributed by atoms with Crippen LogP contribution >= 0.6 is 0 Å². The Bertz CT molecular complexity index is 499. The molecule has 3 nitrogen and oxygen atoms in total. The van der Waals surface area contributed by atoms with Gasteiger partial charge in [0.05, 0.1) is 5.75 Å². The Morgan fingerprint density at radius 2 is 1.72 bits per heavy atom. The zero-order valence-corrected chi connectivity index (χ0v) is 11.2. The van der Waals surface area contributed by atoms with E-state index in [0.29, 0.717) is 0 Å². The van der Waals surface area contributed by atoms with Crippen molar-refractivity contribution in [3.8, 4) is 0 Å². The van der Waals surface area contributed by atoms with Crippen LogP contribution in [-0.2, 0) is 20.4 Å². The summed E-state index contributed by atoms with van der Waals surface area (Å²) in [6.07, 6.45) is 3.82. The lowest BCUT2D eigenvalue weighted by Gasteiger charge is -2.08. The van der Waals surface area contributed by atoms with E-state index >= 15 is 0 Å². The summed E-state index contributed by atoms with van der Waals surface area (Å²) >= 11 is 0. The molecule has 0 aromatic heterocycles. The van der Waals surface area contributed by atoms with Crippen molar-refractivity contribution in [2.45, 2.75) is 31.4 Å². The molecule has 0 aliphatic heterocycles. The molecule has 0 saturated heterocycles. The Balaban J connectivity index is 1.97. The fraction of sp³-hybridized carbons (Fsp3) is 0.500. The highest BCUT2D eigenvalue weighted by atomic mass is 32.2. The van der Waals surface area contributed by atoms with Crippen molar-refractivity contribution < 1.29 is 13.2 Å². The summed E-state index contributed by atoms with van der Waals surface area (Å²) in [6.45, 7) is 0. The largest absolute Gasteiger partial charge is 0.298 e. The van der Waals surface area contributed by atoms with Crippen LogP contribution in [0.5, 0.6) is 0 Å². The molecule has 1 fully saturated rings. The van der Waals surface area contributed by atoms with E-state index in [1.807, 2.05) is 18.2 Å². The standard InChI is InChI=1S/C14H18O3S/c15-14(13-8-4-5-9-13)11-18(16,17)10-12-6-2-1-3-7-12/h1-3,6-7,13H,4-5,8-11H2. The molecule has 0 unspecified atom stereocenters. The Kier molecular flexibility index (Phi) is 4.17. The number of hydrogen-bond donors (Lipinski definition) is 0. The molecule has 0 spiro atoms. The minimum Gasteiger partial charge on any atom is -0.298 e. The van der Waals surface area contributed by atoms with Crippen LogP contribution in [0, 0.1) is 5.92 Å². The van der Waals surface area contributed by atoms with Crippen molar-refractivity contribution in [1.82, 2.24) is 0 Å². The summed E-state index contributed by atoms with van der Waals surface area (Å²) in [5.74, 6) is -0.447. The van der Waals surface area contributed by atoms with Gasteiger partial charge in [-0.25, -0.2) is 8.42 Å². The van der Waals surface area contributed by atoms with Crippen LogP contribution in [0.15, 0.2) is 30.3 Å². The molecular weight excluding hydrogens is 248 g/mol. The number of carbonyl (C=O) groups is 1. The smallest absolute Gasteiger partial charge is 0.161 e. The van der Waals surface area contributed by atoms with Crippen LogP contribution in [0.2, 0.25) is 0 Å². The zero-order valence-electron chi connectivity index (χ0n) is 10.3. The number of carbonyl (C=O) groups excluding carboxylic acids is 1. The highest BCUT2D eigenvalue weighted by molar-refractivity contribution is 7.91. The molecule has 0 radical (unpaired) electrons. The second kappa shape index (κ2) is 5.65. The van der Waals surface area contributed by atoms with Crippen molar-refractivity contribution >= 4 is 15.6 Å². The quantitative estimate of drug-likeness (QED) is 0.822. The summed E-state index contributed by atoms with van der Waals surface area (Å²) in [5, 5.41) is 0. The van der Waals surface area contributed by atoms with Gasteiger partial charge in [-0.05, 0) is 18.4 Å². The minimum atomic E-state index is -3.32. The summed E-state index contributed by atoms with van der Waals surface area (Å²) in [4.78, 5) is 11.9. The summed E-state index contributed by atoms with van der Waals surface area (Å²) in [6, 6.07) is 9.02. The van der Waals surface area contributed by atoms with Crippen molar-refractivity contribution in [1.29, 1.82) is 0 Å². The monoisotopic (exact) mass is 266 g/mol. The third-order valence-corrected chi connectivity index (χ3v) is 4.90. The average molecular weight is 266 g/mol. The molecule has 1 saturated carbocycles. The van der Waals surface area contributed by atoms with E-state index in [1.54, 1.807) is 12.1 Å². The number of Topliss-reactive ketones (excluding diaryl/α,β-unsaturated/α-hetero) is 1. The van der Waals surface area contributed by atoms with Gasteiger partial charge in [-0.2, -0.15) is 0 Å². The first-order valence-electron chi connectivity index (χ1n) is 6.34. The van der Waals surface area contributed by atoms with Gasteiger partial charge >= 0.3 is 0 Å². The van der Waals surface area contributed by atoms with Crippen molar-refractivity contribution in [3.05, 3.63) is 35.9 Å². The average Bonchev–Trinajstić information content (AvgIpc) is 2.82. The summed E-state index contributed by atoms with van der Waals surface area (Å²) in [5.41, 5.74) is 0.747. The second-order valence-corrected chi connectivity index (χ2v) is 7.03. The van der Waals surface area contributed by atoms with Gasteiger partial charge in [-0.1, -0.05) is 43.2 Å². The van der Waals surface area contributed by atoms with Gasteiger partial charge in [0, 0.05) is 5.92 Å². The maximum absolute atomic E-state index is 11.9.